The molecule has 1 fully saturated rings. The number of pyridine rings is 1. The van der Waals surface area contributed by atoms with Crippen LogP contribution in [-0.4, -0.2) is 68.0 Å². The summed E-state index contributed by atoms with van der Waals surface area (Å²) >= 11 is 0. The standard InChI is InChI=1S/C30H40N2O8/c1-6-7-8-15-38-27-20(3)39-30(35)24(18-37-17-23(27)16-22-11-9-19(2)10-12-22)32-29(34)26-28(40-21(4)33)25(36-5)13-14-31-26/h9-14,20,23-24,27H,6-8,15-18H2,1-5H3,(H,32,34)/t20-,23-,24-,27-/m0/s1. The molecule has 0 spiro atoms. The van der Waals surface area contributed by atoms with Crippen LogP contribution in [0.15, 0.2) is 36.5 Å². The van der Waals surface area contributed by atoms with E-state index in [9.17, 15) is 14.4 Å². The maximum absolute atomic E-state index is 13.2. The first-order valence-electron chi connectivity index (χ1n) is 13.7. The molecule has 1 aliphatic rings. The van der Waals surface area contributed by atoms with Crippen LogP contribution in [0.2, 0.25) is 0 Å². The number of hydrogen-bond donors (Lipinski definition) is 1. The lowest BCUT2D eigenvalue weighted by Crippen LogP contribution is -2.46. The van der Waals surface area contributed by atoms with Gasteiger partial charge < -0.3 is 29.0 Å². The third-order valence-electron chi connectivity index (χ3n) is 6.66. The molecule has 0 unspecified atom stereocenters. The quantitative estimate of drug-likeness (QED) is 0.325. The van der Waals surface area contributed by atoms with Gasteiger partial charge in [-0.3, -0.25) is 9.59 Å². The van der Waals surface area contributed by atoms with E-state index in [0.717, 1.165) is 24.8 Å². The average molecular weight is 557 g/mol. The van der Waals surface area contributed by atoms with Gasteiger partial charge in [0, 0.05) is 31.7 Å². The van der Waals surface area contributed by atoms with Gasteiger partial charge in [0.05, 0.1) is 26.4 Å². The van der Waals surface area contributed by atoms with E-state index in [0.29, 0.717) is 19.6 Å². The number of nitrogens with zero attached hydrogens (tertiary/aromatic N) is 1. The Morgan fingerprint density at radius 3 is 2.55 bits per heavy atom. The molecule has 2 heterocycles. The van der Waals surface area contributed by atoms with E-state index in [1.54, 1.807) is 6.92 Å². The van der Waals surface area contributed by atoms with Gasteiger partial charge in [-0.1, -0.05) is 49.6 Å². The Labute approximate surface area is 235 Å². The molecule has 1 aromatic heterocycles. The van der Waals surface area contributed by atoms with Crippen LogP contribution >= 0.6 is 0 Å². The van der Waals surface area contributed by atoms with Gasteiger partial charge in [0.2, 0.25) is 5.75 Å². The number of aromatic nitrogens is 1. The number of carbonyl (C=O) groups is 3. The first-order valence-corrected chi connectivity index (χ1v) is 13.7. The molecule has 0 saturated carbocycles. The number of rotatable bonds is 11. The highest BCUT2D eigenvalue weighted by Gasteiger charge is 2.36. The van der Waals surface area contributed by atoms with E-state index >= 15 is 0 Å². The maximum Gasteiger partial charge on any atom is 0.331 e. The molecule has 0 bridgehead atoms. The fraction of sp³-hybridized carbons (Fsp3) is 0.533. The van der Waals surface area contributed by atoms with Crippen LogP contribution in [-0.2, 0) is 30.2 Å². The maximum atomic E-state index is 13.2. The van der Waals surface area contributed by atoms with Crippen molar-refractivity contribution in [1.82, 2.24) is 10.3 Å². The van der Waals surface area contributed by atoms with Crippen LogP contribution in [0.4, 0.5) is 0 Å². The summed E-state index contributed by atoms with van der Waals surface area (Å²) in [5, 5.41) is 2.62. The van der Waals surface area contributed by atoms with E-state index < -0.39 is 36.1 Å². The van der Waals surface area contributed by atoms with Crippen molar-refractivity contribution in [3.05, 3.63) is 53.3 Å². The largest absolute Gasteiger partial charge is 0.493 e. The summed E-state index contributed by atoms with van der Waals surface area (Å²) in [5.41, 5.74) is 2.10. The van der Waals surface area contributed by atoms with Crippen molar-refractivity contribution in [3.8, 4) is 11.5 Å². The van der Waals surface area contributed by atoms with Gasteiger partial charge >= 0.3 is 11.9 Å². The van der Waals surface area contributed by atoms with Gasteiger partial charge in [-0.2, -0.15) is 0 Å². The molecule has 1 N–H and O–H groups in total. The van der Waals surface area contributed by atoms with Crippen molar-refractivity contribution in [2.24, 2.45) is 5.92 Å². The lowest BCUT2D eigenvalue weighted by molar-refractivity contribution is -0.160. The lowest BCUT2D eigenvalue weighted by Gasteiger charge is -2.31. The van der Waals surface area contributed by atoms with Gasteiger partial charge in [0.15, 0.2) is 17.5 Å². The Bertz CT molecular complexity index is 1140. The Balaban J connectivity index is 1.80. The molecular formula is C30H40N2O8. The van der Waals surface area contributed by atoms with Gasteiger partial charge in [0.25, 0.3) is 5.91 Å². The summed E-state index contributed by atoms with van der Waals surface area (Å²) < 4.78 is 28.5. The van der Waals surface area contributed by atoms with E-state index in [4.69, 9.17) is 23.7 Å². The van der Waals surface area contributed by atoms with Crippen LogP contribution < -0.4 is 14.8 Å². The zero-order valence-corrected chi connectivity index (χ0v) is 23.9. The number of aryl methyl sites for hydroxylation is 1. The van der Waals surface area contributed by atoms with Gasteiger partial charge in [-0.15, -0.1) is 0 Å². The molecule has 1 amide bonds. The van der Waals surface area contributed by atoms with E-state index in [1.165, 1.54) is 31.9 Å². The topological polar surface area (TPSA) is 122 Å². The number of cyclic esters (lactones) is 1. The highest BCUT2D eigenvalue weighted by Crippen LogP contribution is 2.30. The van der Waals surface area contributed by atoms with Crippen LogP contribution in [0, 0.1) is 12.8 Å². The molecule has 1 saturated heterocycles. The number of unbranched alkanes of at least 4 members (excludes halogenated alkanes) is 2. The first kappa shape index (κ1) is 31.0. The fourth-order valence-corrected chi connectivity index (χ4v) is 4.58. The molecule has 1 aliphatic heterocycles. The predicted octanol–water partition coefficient (Wildman–Crippen LogP) is 3.82. The minimum absolute atomic E-state index is 0.0859. The predicted molar refractivity (Wildman–Crippen MR) is 147 cm³/mol. The van der Waals surface area contributed by atoms with E-state index in [-0.39, 0.29) is 29.7 Å². The third kappa shape index (κ3) is 8.76. The molecule has 4 atom stereocenters. The van der Waals surface area contributed by atoms with E-state index in [2.05, 4.69) is 41.5 Å². The number of hydrogen-bond acceptors (Lipinski definition) is 9. The highest BCUT2D eigenvalue weighted by atomic mass is 16.6. The molecule has 1 aromatic carbocycles. The minimum Gasteiger partial charge on any atom is -0.493 e. The Kier molecular flexibility index (Phi) is 11.9. The molecule has 0 radical (unpaired) electrons. The Morgan fingerprint density at radius 2 is 1.88 bits per heavy atom. The summed E-state index contributed by atoms with van der Waals surface area (Å²) in [6.07, 6.45) is 4.06. The molecule has 2 aromatic rings. The number of methoxy groups -OCH3 is 1. The summed E-state index contributed by atoms with van der Waals surface area (Å²) in [5.74, 6) is -2.12. The van der Waals surface area contributed by atoms with Crippen LogP contribution in [0.25, 0.3) is 0 Å². The monoisotopic (exact) mass is 556 g/mol. The third-order valence-corrected chi connectivity index (χ3v) is 6.66. The highest BCUT2D eigenvalue weighted by molar-refractivity contribution is 5.98. The van der Waals surface area contributed by atoms with Gasteiger partial charge in [0.1, 0.15) is 6.10 Å². The Hall–Kier alpha value is -3.50. The molecule has 10 heteroatoms. The van der Waals surface area contributed by atoms with Gasteiger partial charge in [-0.25, -0.2) is 9.78 Å². The lowest BCUT2D eigenvalue weighted by atomic mass is 9.91. The second kappa shape index (κ2) is 15.3. The number of benzene rings is 1. The molecule has 0 aliphatic carbocycles. The second-order valence-electron chi connectivity index (χ2n) is 9.98. The van der Waals surface area contributed by atoms with Crippen LogP contribution in [0.1, 0.15) is 61.6 Å². The zero-order valence-electron chi connectivity index (χ0n) is 23.9. The second-order valence-corrected chi connectivity index (χ2v) is 9.98. The van der Waals surface area contributed by atoms with Crippen molar-refractivity contribution in [2.45, 2.75) is 71.6 Å². The van der Waals surface area contributed by atoms with Crippen molar-refractivity contribution in [2.75, 3.05) is 26.9 Å². The van der Waals surface area contributed by atoms with Crippen molar-refractivity contribution < 1.29 is 38.1 Å². The van der Waals surface area contributed by atoms with Crippen LogP contribution in [0.5, 0.6) is 11.5 Å². The van der Waals surface area contributed by atoms with E-state index in [1.807, 2.05) is 6.92 Å². The number of amides is 1. The zero-order chi connectivity index (χ0) is 29.1. The van der Waals surface area contributed by atoms with Crippen LogP contribution in [0.3, 0.4) is 0 Å². The molecular weight excluding hydrogens is 516 g/mol. The number of carbonyl (C=O) groups excluding carboxylic acids is 3. The number of ether oxygens (including phenoxy) is 5. The van der Waals surface area contributed by atoms with Crippen molar-refractivity contribution in [3.63, 3.8) is 0 Å². The molecule has 10 nitrogen and oxygen atoms in total. The normalized spacial score (nSPS) is 21.4. The summed E-state index contributed by atoms with van der Waals surface area (Å²) in [7, 11) is 1.38. The first-order chi connectivity index (χ1) is 19.2. The Morgan fingerprint density at radius 1 is 1.12 bits per heavy atom. The smallest absolute Gasteiger partial charge is 0.331 e. The van der Waals surface area contributed by atoms with Crippen molar-refractivity contribution >= 4 is 17.8 Å². The fourth-order valence-electron chi connectivity index (χ4n) is 4.58. The van der Waals surface area contributed by atoms with Gasteiger partial charge in [-0.05, 0) is 32.3 Å². The SMILES string of the molecule is CCCCCO[C@@H]1[C@@H](Cc2ccc(C)cc2)COC[C@H](NC(=O)c2nccc(OC)c2OC(C)=O)C(=O)O[C@H]1C. The number of esters is 2. The molecule has 40 heavy (non-hydrogen) atoms. The van der Waals surface area contributed by atoms with Crippen molar-refractivity contribution in [1.29, 1.82) is 0 Å². The summed E-state index contributed by atoms with van der Waals surface area (Å²) in [6, 6.07) is 8.63. The number of nitrogens with one attached hydrogen (secondary N) is 1. The average Bonchev–Trinajstić information content (AvgIpc) is 2.97. The molecule has 218 valence electrons. The summed E-state index contributed by atoms with van der Waals surface area (Å²) in [6.45, 7) is 7.91. The molecule has 3 rings (SSSR count). The summed E-state index contributed by atoms with van der Waals surface area (Å²) in [4.78, 5) is 42.1. The minimum atomic E-state index is -1.12.